The van der Waals surface area contributed by atoms with E-state index in [0.29, 0.717) is 0 Å². The minimum atomic E-state index is 0.212. The number of benzene rings is 1. The van der Waals surface area contributed by atoms with Crippen molar-refractivity contribution in [3.8, 4) is 5.75 Å². The molecular formula is C14H20N2OS. The predicted octanol–water partition coefficient (Wildman–Crippen LogP) is 3.06. The molecule has 18 heavy (non-hydrogen) atoms. The summed E-state index contributed by atoms with van der Waals surface area (Å²) in [5.41, 5.74) is 1.42. The van der Waals surface area contributed by atoms with Gasteiger partial charge in [-0.25, -0.2) is 0 Å². The van der Waals surface area contributed by atoms with Crippen LogP contribution in [-0.4, -0.2) is 23.6 Å². The Bertz CT molecular complexity index is 430. The molecule has 1 atom stereocenters. The highest BCUT2D eigenvalue weighted by Crippen LogP contribution is 2.25. The molecule has 1 N–H and O–H groups in total. The van der Waals surface area contributed by atoms with Gasteiger partial charge in [-0.2, -0.15) is 0 Å². The number of ether oxygens (including phenoxy) is 1. The summed E-state index contributed by atoms with van der Waals surface area (Å²) in [6.07, 6.45) is 1.13. The number of rotatable bonds is 4. The zero-order valence-corrected chi connectivity index (χ0v) is 12.0. The fourth-order valence-electron chi connectivity index (χ4n) is 1.73. The Labute approximate surface area is 113 Å². The SMILES string of the molecule is CCC1(C)CSC(=NCc2ccc(OC)cc2)N1. The van der Waals surface area contributed by atoms with Crippen molar-refractivity contribution in [2.24, 2.45) is 4.99 Å². The van der Waals surface area contributed by atoms with Crippen LogP contribution in [0.1, 0.15) is 25.8 Å². The first kappa shape index (κ1) is 13.3. The van der Waals surface area contributed by atoms with E-state index in [0.717, 1.165) is 29.6 Å². The van der Waals surface area contributed by atoms with Crippen LogP contribution in [0.2, 0.25) is 0 Å². The van der Waals surface area contributed by atoms with Gasteiger partial charge in [-0.15, -0.1) is 0 Å². The molecule has 1 fully saturated rings. The first-order chi connectivity index (χ1) is 8.65. The molecule has 1 saturated heterocycles. The van der Waals surface area contributed by atoms with E-state index in [9.17, 15) is 0 Å². The van der Waals surface area contributed by atoms with Gasteiger partial charge in [-0.1, -0.05) is 30.8 Å². The summed E-state index contributed by atoms with van der Waals surface area (Å²) in [7, 11) is 1.68. The van der Waals surface area contributed by atoms with Crippen LogP contribution in [0, 0.1) is 0 Å². The lowest BCUT2D eigenvalue weighted by Crippen LogP contribution is -2.39. The Balaban J connectivity index is 1.94. The summed E-state index contributed by atoms with van der Waals surface area (Å²) >= 11 is 1.81. The number of hydrogen-bond donors (Lipinski definition) is 1. The molecule has 0 amide bonds. The molecule has 0 bridgehead atoms. The van der Waals surface area contributed by atoms with Crippen molar-refractivity contribution in [3.05, 3.63) is 29.8 Å². The third-order valence-corrected chi connectivity index (χ3v) is 4.57. The lowest BCUT2D eigenvalue weighted by molar-refractivity contribution is 0.414. The van der Waals surface area contributed by atoms with E-state index >= 15 is 0 Å². The van der Waals surface area contributed by atoms with Crippen molar-refractivity contribution in [1.82, 2.24) is 5.32 Å². The van der Waals surface area contributed by atoms with E-state index in [2.05, 4.69) is 36.3 Å². The van der Waals surface area contributed by atoms with Gasteiger partial charge in [0, 0.05) is 11.3 Å². The Morgan fingerprint density at radius 2 is 2.11 bits per heavy atom. The fourth-order valence-corrected chi connectivity index (χ4v) is 2.93. The second kappa shape index (κ2) is 5.65. The molecule has 4 heteroatoms. The summed E-state index contributed by atoms with van der Waals surface area (Å²) in [4.78, 5) is 4.62. The molecule has 1 aromatic rings. The molecular weight excluding hydrogens is 244 g/mol. The van der Waals surface area contributed by atoms with Gasteiger partial charge in [-0.05, 0) is 31.0 Å². The van der Waals surface area contributed by atoms with Crippen molar-refractivity contribution in [2.45, 2.75) is 32.4 Å². The smallest absolute Gasteiger partial charge is 0.157 e. The van der Waals surface area contributed by atoms with Crippen molar-refractivity contribution in [3.63, 3.8) is 0 Å². The predicted molar refractivity (Wildman–Crippen MR) is 78.4 cm³/mol. The van der Waals surface area contributed by atoms with Crippen LogP contribution in [0.15, 0.2) is 29.3 Å². The van der Waals surface area contributed by atoms with Crippen LogP contribution in [0.3, 0.4) is 0 Å². The van der Waals surface area contributed by atoms with Gasteiger partial charge in [0.25, 0.3) is 0 Å². The maximum Gasteiger partial charge on any atom is 0.157 e. The van der Waals surface area contributed by atoms with Crippen molar-refractivity contribution >= 4 is 16.9 Å². The molecule has 0 aromatic heterocycles. The fraction of sp³-hybridized carbons (Fsp3) is 0.500. The van der Waals surface area contributed by atoms with E-state index in [1.165, 1.54) is 5.56 Å². The van der Waals surface area contributed by atoms with E-state index in [4.69, 9.17) is 4.74 Å². The molecule has 98 valence electrons. The van der Waals surface area contributed by atoms with Crippen molar-refractivity contribution in [1.29, 1.82) is 0 Å². The van der Waals surface area contributed by atoms with Crippen LogP contribution in [0.4, 0.5) is 0 Å². The third kappa shape index (κ3) is 3.19. The maximum atomic E-state index is 5.14. The van der Waals surface area contributed by atoms with Gasteiger partial charge >= 0.3 is 0 Å². The van der Waals surface area contributed by atoms with Gasteiger partial charge < -0.3 is 10.1 Å². The largest absolute Gasteiger partial charge is 0.497 e. The maximum absolute atomic E-state index is 5.14. The third-order valence-electron chi connectivity index (χ3n) is 3.28. The van der Waals surface area contributed by atoms with Crippen LogP contribution in [0.25, 0.3) is 0 Å². The molecule has 0 aliphatic carbocycles. The van der Waals surface area contributed by atoms with Crippen LogP contribution < -0.4 is 10.1 Å². The van der Waals surface area contributed by atoms with E-state index < -0.39 is 0 Å². The Morgan fingerprint density at radius 3 is 2.67 bits per heavy atom. The Kier molecular flexibility index (Phi) is 4.17. The highest BCUT2D eigenvalue weighted by Gasteiger charge is 2.30. The van der Waals surface area contributed by atoms with Gasteiger partial charge in [0.05, 0.1) is 13.7 Å². The zero-order chi connectivity index (χ0) is 13.0. The van der Waals surface area contributed by atoms with Gasteiger partial charge in [0.15, 0.2) is 5.17 Å². The quantitative estimate of drug-likeness (QED) is 0.907. The summed E-state index contributed by atoms with van der Waals surface area (Å²) in [6.45, 7) is 5.18. The summed E-state index contributed by atoms with van der Waals surface area (Å²) < 4.78 is 5.14. The number of nitrogens with zero attached hydrogens (tertiary/aromatic N) is 1. The highest BCUT2D eigenvalue weighted by molar-refractivity contribution is 8.14. The van der Waals surface area contributed by atoms with Crippen LogP contribution >= 0.6 is 11.8 Å². The molecule has 0 radical (unpaired) electrons. The highest BCUT2D eigenvalue weighted by atomic mass is 32.2. The Hall–Kier alpha value is -1.16. The number of amidine groups is 1. The molecule has 3 nitrogen and oxygen atoms in total. The number of thioether (sulfide) groups is 1. The van der Waals surface area contributed by atoms with Gasteiger partial charge in [0.1, 0.15) is 5.75 Å². The van der Waals surface area contributed by atoms with Crippen molar-refractivity contribution in [2.75, 3.05) is 12.9 Å². The second-order valence-corrected chi connectivity index (χ2v) is 5.76. The number of methoxy groups -OCH3 is 1. The zero-order valence-electron chi connectivity index (χ0n) is 11.2. The molecule has 1 heterocycles. The van der Waals surface area contributed by atoms with Crippen LogP contribution in [0.5, 0.6) is 5.75 Å². The van der Waals surface area contributed by atoms with Gasteiger partial charge in [-0.3, -0.25) is 4.99 Å². The van der Waals surface area contributed by atoms with E-state index in [1.807, 2.05) is 23.9 Å². The topological polar surface area (TPSA) is 33.6 Å². The molecule has 1 unspecified atom stereocenters. The normalized spacial score (nSPS) is 25.2. The summed E-state index contributed by atoms with van der Waals surface area (Å²) in [5, 5.41) is 4.56. The van der Waals surface area contributed by atoms with Gasteiger partial charge in [0.2, 0.25) is 0 Å². The van der Waals surface area contributed by atoms with Crippen LogP contribution in [-0.2, 0) is 6.54 Å². The minimum absolute atomic E-state index is 0.212. The second-order valence-electron chi connectivity index (χ2n) is 4.80. The standard InChI is InChI=1S/C14H20N2OS/c1-4-14(2)10-18-13(16-14)15-9-11-5-7-12(17-3)8-6-11/h5-8H,4,9-10H2,1-3H3,(H,15,16). The van der Waals surface area contributed by atoms with Crippen molar-refractivity contribution < 1.29 is 4.74 Å². The molecule has 0 saturated carbocycles. The molecule has 1 aliphatic heterocycles. The Morgan fingerprint density at radius 1 is 1.39 bits per heavy atom. The summed E-state index contributed by atoms with van der Waals surface area (Å²) in [5.74, 6) is 1.99. The molecule has 0 spiro atoms. The summed E-state index contributed by atoms with van der Waals surface area (Å²) in [6, 6.07) is 8.06. The van der Waals surface area contributed by atoms with E-state index in [-0.39, 0.29) is 5.54 Å². The van der Waals surface area contributed by atoms with E-state index in [1.54, 1.807) is 7.11 Å². The first-order valence-corrected chi connectivity index (χ1v) is 7.22. The average molecular weight is 264 g/mol. The number of aliphatic imine (C=N–C) groups is 1. The average Bonchev–Trinajstić information content (AvgIpc) is 2.80. The molecule has 1 aromatic carbocycles. The lowest BCUT2D eigenvalue weighted by atomic mass is 10.0. The molecule has 1 aliphatic rings. The lowest BCUT2D eigenvalue weighted by Gasteiger charge is -2.20. The monoisotopic (exact) mass is 264 g/mol. The number of nitrogens with one attached hydrogen (secondary N) is 1. The molecule has 2 rings (SSSR count). The first-order valence-electron chi connectivity index (χ1n) is 6.23. The number of hydrogen-bond acceptors (Lipinski definition) is 3. The minimum Gasteiger partial charge on any atom is -0.497 e.